The third-order valence-electron chi connectivity index (χ3n) is 3.49. The molecule has 0 aliphatic carbocycles. The predicted molar refractivity (Wildman–Crippen MR) is 98.4 cm³/mol. The second kappa shape index (κ2) is 9.83. The number of benzene rings is 1. The number of nitrogens with zero attached hydrogens (tertiary/aromatic N) is 2. The van der Waals surface area contributed by atoms with E-state index in [-0.39, 0.29) is 36.1 Å². The smallest absolute Gasteiger partial charge is 0.286 e. The number of aromatic nitrogens is 2. The van der Waals surface area contributed by atoms with Crippen LogP contribution in [0.1, 0.15) is 35.1 Å². The van der Waals surface area contributed by atoms with Gasteiger partial charge in [-0.05, 0) is 37.6 Å². The number of carbonyl (C=O) groups is 2. The van der Waals surface area contributed by atoms with Crippen molar-refractivity contribution in [1.29, 1.82) is 0 Å². The minimum Gasteiger partial charge on any atom is -0.497 e. The molecule has 2 rings (SSSR count). The standard InChI is InChI=1S/C17H22N4O4S/c1-4-11(2)18-14(22)9-25-10-15-20-21-17(26-15)16(23)19-12-5-7-13(24-3)8-6-12/h5-8,11H,4,9-10H2,1-3H3,(H,18,22)(H,19,23). The van der Waals surface area contributed by atoms with Crippen LogP contribution >= 0.6 is 11.3 Å². The third kappa shape index (κ3) is 6.08. The Balaban J connectivity index is 1.80. The maximum atomic E-state index is 12.2. The summed E-state index contributed by atoms with van der Waals surface area (Å²) < 4.78 is 10.4. The molecule has 1 aromatic heterocycles. The van der Waals surface area contributed by atoms with Crippen LogP contribution in [0.3, 0.4) is 0 Å². The summed E-state index contributed by atoms with van der Waals surface area (Å²) in [4.78, 5) is 23.8. The van der Waals surface area contributed by atoms with Gasteiger partial charge in [0.1, 0.15) is 24.0 Å². The van der Waals surface area contributed by atoms with Gasteiger partial charge >= 0.3 is 0 Å². The number of hydrogen-bond acceptors (Lipinski definition) is 7. The molecule has 0 saturated heterocycles. The van der Waals surface area contributed by atoms with Crippen LogP contribution in [0.15, 0.2) is 24.3 Å². The molecule has 0 bridgehead atoms. The predicted octanol–water partition coefficient (Wildman–Crippen LogP) is 2.23. The topological polar surface area (TPSA) is 102 Å². The molecule has 1 heterocycles. The first kappa shape index (κ1) is 19.8. The highest BCUT2D eigenvalue weighted by Crippen LogP contribution is 2.17. The van der Waals surface area contributed by atoms with Crippen LogP contribution in [0.2, 0.25) is 0 Å². The number of methoxy groups -OCH3 is 1. The second-order valence-electron chi connectivity index (χ2n) is 5.55. The number of anilines is 1. The summed E-state index contributed by atoms with van der Waals surface area (Å²) >= 11 is 1.12. The van der Waals surface area contributed by atoms with E-state index in [1.54, 1.807) is 31.4 Å². The van der Waals surface area contributed by atoms with Gasteiger partial charge in [-0.25, -0.2) is 0 Å². The van der Waals surface area contributed by atoms with Gasteiger partial charge in [0.15, 0.2) is 0 Å². The van der Waals surface area contributed by atoms with Crippen LogP contribution in [0.5, 0.6) is 5.75 Å². The van der Waals surface area contributed by atoms with Crippen LogP contribution < -0.4 is 15.4 Å². The molecule has 0 spiro atoms. The second-order valence-corrected chi connectivity index (χ2v) is 6.62. The molecule has 2 amide bonds. The molecule has 1 aromatic carbocycles. The fourth-order valence-electron chi connectivity index (χ4n) is 1.91. The molecule has 9 heteroatoms. The van der Waals surface area contributed by atoms with Gasteiger partial charge < -0.3 is 20.1 Å². The van der Waals surface area contributed by atoms with E-state index in [9.17, 15) is 9.59 Å². The first-order valence-corrected chi connectivity index (χ1v) is 8.98. The van der Waals surface area contributed by atoms with E-state index in [2.05, 4.69) is 20.8 Å². The Morgan fingerprint density at radius 2 is 1.96 bits per heavy atom. The van der Waals surface area contributed by atoms with Crippen molar-refractivity contribution in [3.05, 3.63) is 34.3 Å². The average Bonchev–Trinajstić information content (AvgIpc) is 3.11. The molecular formula is C17H22N4O4S. The maximum Gasteiger partial charge on any atom is 0.286 e. The van der Waals surface area contributed by atoms with Gasteiger partial charge in [-0.2, -0.15) is 0 Å². The number of rotatable bonds is 9. The number of carbonyl (C=O) groups excluding carboxylic acids is 2. The van der Waals surface area contributed by atoms with Crippen molar-refractivity contribution in [1.82, 2.24) is 15.5 Å². The van der Waals surface area contributed by atoms with Crippen molar-refractivity contribution < 1.29 is 19.1 Å². The highest BCUT2D eigenvalue weighted by atomic mass is 32.1. The molecule has 140 valence electrons. The largest absolute Gasteiger partial charge is 0.497 e. The van der Waals surface area contributed by atoms with Gasteiger partial charge in [-0.1, -0.05) is 18.3 Å². The van der Waals surface area contributed by atoms with Gasteiger partial charge in [0.2, 0.25) is 10.9 Å². The minimum atomic E-state index is -0.353. The molecule has 0 saturated carbocycles. The summed E-state index contributed by atoms with van der Waals surface area (Å²) in [7, 11) is 1.58. The Kier molecular flexibility index (Phi) is 7.49. The zero-order chi connectivity index (χ0) is 18.9. The molecule has 2 N–H and O–H groups in total. The molecule has 0 fully saturated rings. The average molecular weight is 378 g/mol. The number of ether oxygens (including phenoxy) is 2. The van der Waals surface area contributed by atoms with Crippen molar-refractivity contribution in [2.75, 3.05) is 19.0 Å². The first-order chi connectivity index (χ1) is 12.5. The molecule has 8 nitrogen and oxygen atoms in total. The fourth-order valence-corrected chi connectivity index (χ4v) is 2.58. The van der Waals surface area contributed by atoms with Crippen molar-refractivity contribution in [3.8, 4) is 5.75 Å². The van der Waals surface area contributed by atoms with Gasteiger partial charge in [0.25, 0.3) is 5.91 Å². The summed E-state index contributed by atoms with van der Waals surface area (Å²) in [6.07, 6.45) is 0.856. The van der Waals surface area contributed by atoms with Crippen LogP contribution in [0.4, 0.5) is 5.69 Å². The van der Waals surface area contributed by atoms with E-state index in [1.165, 1.54) is 0 Å². The number of amides is 2. The van der Waals surface area contributed by atoms with Gasteiger partial charge in [-0.15, -0.1) is 10.2 Å². The fraction of sp³-hybridized carbons (Fsp3) is 0.412. The lowest BCUT2D eigenvalue weighted by molar-refractivity contribution is -0.126. The van der Waals surface area contributed by atoms with E-state index in [0.717, 1.165) is 17.8 Å². The summed E-state index contributed by atoms with van der Waals surface area (Å²) in [5.74, 6) is 0.172. The van der Waals surface area contributed by atoms with E-state index in [0.29, 0.717) is 16.4 Å². The highest BCUT2D eigenvalue weighted by Gasteiger charge is 2.14. The monoisotopic (exact) mass is 378 g/mol. The molecular weight excluding hydrogens is 356 g/mol. The molecule has 1 atom stereocenters. The van der Waals surface area contributed by atoms with Crippen LogP contribution in [0.25, 0.3) is 0 Å². The van der Waals surface area contributed by atoms with E-state index >= 15 is 0 Å². The van der Waals surface area contributed by atoms with Crippen LogP contribution in [-0.4, -0.2) is 41.8 Å². The van der Waals surface area contributed by atoms with E-state index in [1.807, 2.05) is 13.8 Å². The lowest BCUT2D eigenvalue weighted by atomic mass is 10.2. The molecule has 0 aliphatic heterocycles. The quantitative estimate of drug-likeness (QED) is 0.694. The molecule has 0 radical (unpaired) electrons. The Morgan fingerprint density at radius 3 is 2.62 bits per heavy atom. The summed E-state index contributed by atoms with van der Waals surface area (Å²) in [6, 6.07) is 7.08. The minimum absolute atomic E-state index is 0.0582. The van der Waals surface area contributed by atoms with Gasteiger partial charge in [0, 0.05) is 11.7 Å². The zero-order valence-corrected chi connectivity index (χ0v) is 15.8. The number of nitrogens with one attached hydrogen (secondary N) is 2. The van der Waals surface area contributed by atoms with Crippen molar-refractivity contribution >= 4 is 28.8 Å². The lowest BCUT2D eigenvalue weighted by Crippen LogP contribution is -2.34. The normalized spacial score (nSPS) is 11.7. The highest BCUT2D eigenvalue weighted by molar-refractivity contribution is 7.13. The number of hydrogen-bond donors (Lipinski definition) is 2. The Bertz CT molecular complexity index is 733. The molecule has 26 heavy (non-hydrogen) atoms. The zero-order valence-electron chi connectivity index (χ0n) is 14.9. The van der Waals surface area contributed by atoms with E-state index < -0.39 is 0 Å². The maximum absolute atomic E-state index is 12.2. The van der Waals surface area contributed by atoms with Crippen molar-refractivity contribution in [2.24, 2.45) is 0 Å². The summed E-state index contributed by atoms with van der Waals surface area (Å²) in [5, 5.41) is 14.1. The third-order valence-corrected chi connectivity index (χ3v) is 4.38. The molecule has 2 aromatic rings. The van der Waals surface area contributed by atoms with Gasteiger partial charge in [-0.3, -0.25) is 9.59 Å². The van der Waals surface area contributed by atoms with E-state index in [4.69, 9.17) is 9.47 Å². The Labute approximate surface area is 155 Å². The van der Waals surface area contributed by atoms with Crippen molar-refractivity contribution in [3.63, 3.8) is 0 Å². The lowest BCUT2D eigenvalue weighted by Gasteiger charge is -2.10. The van der Waals surface area contributed by atoms with Crippen LogP contribution in [-0.2, 0) is 16.1 Å². The summed E-state index contributed by atoms with van der Waals surface area (Å²) in [5.41, 5.74) is 0.630. The van der Waals surface area contributed by atoms with Gasteiger partial charge in [0.05, 0.1) is 7.11 Å². The molecule has 0 aliphatic rings. The first-order valence-electron chi connectivity index (χ1n) is 8.16. The van der Waals surface area contributed by atoms with Crippen molar-refractivity contribution in [2.45, 2.75) is 32.9 Å². The van der Waals surface area contributed by atoms with Crippen LogP contribution in [0, 0.1) is 0 Å². The Hall–Kier alpha value is -2.52. The Morgan fingerprint density at radius 1 is 1.23 bits per heavy atom. The SMILES string of the molecule is CCC(C)NC(=O)COCc1nnc(C(=O)Nc2ccc(OC)cc2)s1. The summed E-state index contributed by atoms with van der Waals surface area (Å²) in [6.45, 7) is 3.99. The molecule has 1 unspecified atom stereocenters.